The highest BCUT2D eigenvalue weighted by molar-refractivity contribution is 14.0. The molecule has 0 aliphatic carbocycles. The van der Waals surface area contributed by atoms with Crippen molar-refractivity contribution < 1.29 is 22.7 Å². The molecule has 158 valence electrons. The summed E-state index contributed by atoms with van der Waals surface area (Å²) < 4.78 is 41.3. The first-order chi connectivity index (χ1) is 13.3. The van der Waals surface area contributed by atoms with Gasteiger partial charge in [-0.2, -0.15) is 0 Å². The first kappa shape index (κ1) is 24.5. The molecule has 0 bridgehead atoms. The fraction of sp³-hybridized carbons (Fsp3) is 0.263. The van der Waals surface area contributed by atoms with Crippen LogP contribution >= 0.6 is 24.0 Å². The van der Waals surface area contributed by atoms with E-state index in [0.29, 0.717) is 12.1 Å². The van der Waals surface area contributed by atoms with Crippen molar-refractivity contribution in [3.8, 4) is 5.75 Å². The van der Waals surface area contributed by atoms with Crippen molar-refractivity contribution in [3.05, 3.63) is 54.1 Å². The van der Waals surface area contributed by atoms with Gasteiger partial charge in [-0.3, -0.25) is 4.79 Å². The predicted octanol–water partition coefficient (Wildman–Crippen LogP) is 4.87. The van der Waals surface area contributed by atoms with Gasteiger partial charge in [0.15, 0.2) is 11.7 Å². The Morgan fingerprint density at radius 3 is 2.55 bits per heavy atom. The minimum atomic E-state index is -4.81. The Kier molecular flexibility index (Phi) is 9.72. The number of anilines is 2. The second kappa shape index (κ2) is 11.5. The number of amides is 1. The fourth-order valence-corrected chi connectivity index (χ4v) is 2.34. The quantitative estimate of drug-likeness (QED) is 0.275. The summed E-state index contributed by atoms with van der Waals surface area (Å²) in [7, 11) is 0. The van der Waals surface area contributed by atoms with E-state index in [9.17, 15) is 18.0 Å². The Morgan fingerprint density at radius 2 is 1.86 bits per heavy atom. The Bertz CT molecular complexity index is 844. The van der Waals surface area contributed by atoms with Gasteiger partial charge in [-0.1, -0.05) is 31.2 Å². The normalized spacial score (nSPS) is 11.4. The third-order valence-electron chi connectivity index (χ3n) is 3.50. The number of benzene rings is 2. The minimum absolute atomic E-state index is 0. The van der Waals surface area contributed by atoms with Gasteiger partial charge in [-0.05, 0) is 36.2 Å². The maximum absolute atomic E-state index is 12.5. The number of alkyl halides is 3. The highest BCUT2D eigenvalue weighted by Gasteiger charge is 2.32. The third-order valence-corrected chi connectivity index (χ3v) is 3.50. The van der Waals surface area contributed by atoms with Gasteiger partial charge in [-0.15, -0.1) is 37.1 Å². The lowest BCUT2D eigenvalue weighted by Crippen LogP contribution is -2.24. The molecule has 0 saturated heterocycles. The number of guanidine groups is 1. The number of nitrogens with one attached hydrogen (secondary N) is 2. The molecule has 1 amide bonds. The van der Waals surface area contributed by atoms with Crippen LogP contribution in [0.15, 0.2) is 53.5 Å². The van der Waals surface area contributed by atoms with Crippen molar-refractivity contribution >= 4 is 47.2 Å². The molecule has 0 unspecified atom stereocenters. The Balaban J connectivity index is 0.00000420. The molecular formula is C19H22F3IN4O2. The number of hydrogen-bond acceptors (Lipinski definition) is 3. The maximum Gasteiger partial charge on any atom is 0.573 e. The van der Waals surface area contributed by atoms with Crippen LogP contribution in [0.25, 0.3) is 0 Å². The van der Waals surface area contributed by atoms with Crippen molar-refractivity contribution in [2.24, 2.45) is 10.7 Å². The number of carbonyl (C=O) groups excluding carboxylic acids is 1. The van der Waals surface area contributed by atoms with E-state index in [1.807, 2.05) is 6.92 Å². The second-order valence-electron chi connectivity index (χ2n) is 5.87. The third kappa shape index (κ3) is 9.03. The van der Waals surface area contributed by atoms with Crippen LogP contribution in [0, 0.1) is 0 Å². The van der Waals surface area contributed by atoms with Crippen LogP contribution in [-0.2, 0) is 11.3 Å². The van der Waals surface area contributed by atoms with Crippen LogP contribution < -0.4 is 21.1 Å². The first-order valence-electron chi connectivity index (χ1n) is 8.57. The minimum Gasteiger partial charge on any atom is -0.404 e. The summed E-state index contributed by atoms with van der Waals surface area (Å²) in [5.74, 6) is -0.557. The molecule has 0 radical (unpaired) electrons. The summed E-state index contributed by atoms with van der Waals surface area (Å²) >= 11 is 0. The van der Waals surface area contributed by atoms with E-state index in [4.69, 9.17) is 5.73 Å². The van der Waals surface area contributed by atoms with E-state index in [2.05, 4.69) is 20.4 Å². The van der Waals surface area contributed by atoms with Crippen molar-refractivity contribution in [2.75, 3.05) is 10.6 Å². The number of aliphatic imine (C=N–C) groups is 1. The number of rotatable bonds is 7. The van der Waals surface area contributed by atoms with E-state index in [1.54, 1.807) is 30.3 Å². The van der Waals surface area contributed by atoms with Crippen molar-refractivity contribution in [1.82, 2.24) is 0 Å². The summed E-state index contributed by atoms with van der Waals surface area (Å²) in [5.41, 5.74) is 7.24. The predicted molar refractivity (Wildman–Crippen MR) is 117 cm³/mol. The molecule has 0 aliphatic heterocycles. The van der Waals surface area contributed by atoms with Gasteiger partial charge in [0.25, 0.3) is 0 Å². The summed E-state index contributed by atoms with van der Waals surface area (Å²) in [5, 5.41) is 5.38. The topological polar surface area (TPSA) is 88.7 Å². The van der Waals surface area contributed by atoms with E-state index < -0.39 is 12.1 Å². The second-order valence-corrected chi connectivity index (χ2v) is 5.87. The van der Waals surface area contributed by atoms with Gasteiger partial charge in [0, 0.05) is 12.1 Å². The molecule has 6 nitrogen and oxygen atoms in total. The largest absolute Gasteiger partial charge is 0.573 e. The fourth-order valence-electron chi connectivity index (χ4n) is 2.34. The zero-order valence-electron chi connectivity index (χ0n) is 15.6. The Hall–Kier alpha value is -2.50. The molecule has 2 aromatic carbocycles. The molecule has 29 heavy (non-hydrogen) atoms. The van der Waals surface area contributed by atoms with Gasteiger partial charge in [-0.25, -0.2) is 4.99 Å². The lowest BCUT2D eigenvalue weighted by Gasteiger charge is -2.14. The average Bonchev–Trinajstić information content (AvgIpc) is 2.61. The van der Waals surface area contributed by atoms with Gasteiger partial charge in [0.1, 0.15) is 0 Å². The van der Waals surface area contributed by atoms with E-state index in [-0.39, 0.29) is 48.1 Å². The van der Waals surface area contributed by atoms with Crippen LogP contribution in [0.5, 0.6) is 5.75 Å². The van der Waals surface area contributed by atoms with Crippen molar-refractivity contribution in [3.63, 3.8) is 0 Å². The molecule has 0 aromatic heterocycles. The zero-order valence-corrected chi connectivity index (χ0v) is 18.0. The van der Waals surface area contributed by atoms with E-state index in [1.165, 1.54) is 18.2 Å². The first-order valence-corrected chi connectivity index (χ1v) is 8.57. The lowest BCUT2D eigenvalue weighted by atomic mass is 10.2. The highest BCUT2D eigenvalue weighted by Crippen LogP contribution is 2.29. The van der Waals surface area contributed by atoms with Gasteiger partial charge in [0.2, 0.25) is 5.91 Å². The molecule has 10 heteroatoms. The number of halogens is 4. The van der Waals surface area contributed by atoms with Crippen LogP contribution in [0.2, 0.25) is 0 Å². The number of nitrogens with zero attached hydrogens (tertiary/aromatic N) is 1. The highest BCUT2D eigenvalue weighted by atomic mass is 127. The average molecular weight is 522 g/mol. The van der Waals surface area contributed by atoms with Crippen molar-refractivity contribution in [2.45, 2.75) is 32.7 Å². The van der Waals surface area contributed by atoms with E-state index in [0.717, 1.165) is 12.0 Å². The number of para-hydroxylation sites is 2. The monoisotopic (exact) mass is 522 g/mol. The smallest absolute Gasteiger partial charge is 0.404 e. The summed E-state index contributed by atoms with van der Waals surface area (Å²) in [6.07, 6.45) is -3.64. The number of nitrogens with two attached hydrogens (primary N) is 1. The molecule has 0 saturated carbocycles. The van der Waals surface area contributed by atoms with Crippen LogP contribution in [0.1, 0.15) is 25.3 Å². The number of hydrogen-bond donors (Lipinski definition) is 3. The Morgan fingerprint density at radius 1 is 1.14 bits per heavy atom. The van der Waals surface area contributed by atoms with Crippen LogP contribution in [-0.4, -0.2) is 18.2 Å². The SMILES string of the molecule is CCCC(=O)Nc1cccc(CN=C(N)Nc2ccccc2OC(F)(F)F)c1.I. The standard InChI is InChI=1S/C19H21F3N4O2.HI/c1-2-6-17(27)25-14-8-5-7-13(11-14)12-24-18(23)26-15-9-3-4-10-16(15)28-19(20,21)22;/h3-5,7-11H,2,6,12H2,1H3,(H,25,27)(H3,23,24,26);1H. The van der Waals surface area contributed by atoms with Crippen LogP contribution in [0.4, 0.5) is 24.5 Å². The molecule has 0 heterocycles. The molecule has 0 atom stereocenters. The molecule has 4 N–H and O–H groups in total. The van der Waals surface area contributed by atoms with Crippen LogP contribution in [0.3, 0.4) is 0 Å². The summed E-state index contributed by atoms with van der Waals surface area (Å²) in [6.45, 7) is 2.09. The molecule has 2 aromatic rings. The summed E-state index contributed by atoms with van der Waals surface area (Å²) in [6, 6.07) is 12.6. The van der Waals surface area contributed by atoms with Gasteiger partial charge >= 0.3 is 6.36 Å². The van der Waals surface area contributed by atoms with E-state index >= 15 is 0 Å². The molecule has 0 fully saturated rings. The van der Waals surface area contributed by atoms with Gasteiger partial charge < -0.3 is 21.1 Å². The lowest BCUT2D eigenvalue weighted by molar-refractivity contribution is -0.274. The molecule has 0 spiro atoms. The molecule has 2 rings (SSSR count). The Labute approximate surface area is 183 Å². The van der Waals surface area contributed by atoms with Gasteiger partial charge in [0.05, 0.1) is 12.2 Å². The maximum atomic E-state index is 12.5. The molecule has 0 aliphatic rings. The summed E-state index contributed by atoms with van der Waals surface area (Å²) in [4.78, 5) is 15.8. The van der Waals surface area contributed by atoms with Crippen molar-refractivity contribution in [1.29, 1.82) is 0 Å². The number of ether oxygens (including phenoxy) is 1. The number of carbonyl (C=O) groups is 1. The molecular weight excluding hydrogens is 500 g/mol. The zero-order chi connectivity index (χ0) is 20.6.